The molecule has 0 atom stereocenters. The second-order valence-electron chi connectivity index (χ2n) is 4.98. The van der Waals surface area contributed by atoms with Gasteiger partial charge in [-0.25, -0.2) is 0 Å². The van der Waals surface area contributed by atoms with E-state index in [1.807, 2.05) is 43.4 Å². The van der Waals surface area contributed by atoms with E-state index < -0.39 is 0 Å². The Morgan fingerprint density at radius 1 is 0.955 bits per heavy atom. The highest BCUT2D eigenvalue weighted by Crippen LogP contribution is 2.38. The van der Waals surface area contributed by atoms with Crippen LogP contribution in [0.2, 0.25) is 0 Å². The van der Waals surface area contributed by atoms with Crippen LogP contribution in [0.3, 0.4) is 0 Å². The molecule has 0 unspecified atom stereocenters. The van der Waals surface area contributed by atoms with Crippen molar-refractivity contribution in [2.24, 2.45) is 0 Å². The highest BCUT2D eigenvalue weighted by Gasteiger charge is 2.14. The van der Waals surface area contributed by atoms with Crippen LogP contribution >= 0.6 is 0 Å². The van der Waals surface area contributed by atoms with Crippen LogP contribution < -0.4 is 24.8 Å². The van der Waals surface area contributed by atoms with Gasteiger partial charge in [0, 0.05) is 25.0 Å². The number of nitrogens with two attached hydrogens (primary N) is 1. The minimum atomic E-state index is 0.598. The van der Waals surface area contributed by atoms with Crippen molar-refractivity contribution in [1.82, 2.24) is 0 Å². The molecule has 2 N–H and O–H groups in total. The molecule has 0 fully saturated rings. The van der Waals surface area contributed by atoms with E-state index in [1.165, 1.54) is 0 Å². The fraction of sp³-hybridized carbons (Fsp3) is 0.294. The van der Waals surface area contributed by atoms with E-state index in [-0.39, 0.29) is 0 Å². The largest absolute Gasteiger partial charge is 0.493 e. The normalized spacial score (nSPS) is 10.2. The molecule has 0 aliphatic heterocycles. The first kappa shape index (κ1) is 15.8. The number of methoxy groups -OCH3 is 3. The summed E-state index contributed by atoms with van der Waals surface area (Å²) in [5.41, 5.74) is 8.69. The lowest BCUT2D eigenvalue weighted by atomic mass is 10.1. The van der Waals surface area contributed by atoms with Gasteiger partial charge in [0.15, 0.2) is 11.5 Å². The Morgan fingerprint density at radius 2 is 1.59 bits per heavy atom. The molecule has 2 aromatic carbocycles. The summed E-state index contributed by atoms with van der Waals surface area (Å²) in [6, 6.07) is 11.7. The lowest BCUT2D eigenvalue weighted by molar-refractivity contribution is 0.324. The van der Waals surface area contributed by atoms with Crippen molar-refractivity contribution in [3.8, 4) is 17.2 Å². The number of hydrogen-bond acceptors (Lipinski definition) is 5. The summed E-state index contributed by atoms with van der Waals surface area (Å²) in [6.45, 7) is 0.695. The predicted molar refractivity (Wildman–Crippen MR) is 89.1 cm³/mol. The standard InChI is InChI=1S/C17H22N2O3/c1-19(14-7-5-6-13(18)10-14)11-12-8-15(20-2)17(22-4)16(9-12)21-3/h5-10H,11,18H2,1-4H3. The fourth-order valence-electron chi connectivity index (χ4n) is 2.35. The third-order valence-electron chi connectivity index (χ3n) is 3.46. The van der Waals surface area contributed by atoms with Crippen LogP contribution in [0.25, 0.3) is 0 Å². The monoisotopic (exact) mass is 302 g/mol. The first-order valence-corrected chi connectivity index (χ1v) is 6.94. The maximum Gasteiger partial charge on any atom is 0.203 e. The highest BCUT2D eigenvalue weighted by atomic mass is 16.5. The van der Waals surface area contributed by atoms with Crippen LogP contribution in [0.5, 0.6) is 17.2 Å². The Labute approximate surface area is 131 Å². The van der Waals surface area contributed by atoms with E-state index in [2.05, 4.69) is 4.90 Å². The van der Waals surface area contributed by atoms with Crippen LogP contribution in [0.15, 0.2) is 36.4 Å². The molecule has 0 heterocycles. The van der Waals surface area contributed by atoms with Crippen molar-refractivity contribution < 1.29 is 14.2 Å². The Balaban J connectivity index is 2.29. The SMILES string of the molecule is COc1cc(CN(C)c2cccc(N)c2)cc(OC)c1OC. The molecule has 0 aromatic heterocycles. The van der Waals surface area contributed by atoms with Crippen LogP contribution in [0, 0.1) is 0 Å². The molecular weight excluding hydrogens is 280 g/mol. The summed E-state index contributed by atoms with van der Waals surface area (Å²) in [6.07, 6.45) is 0. The summed E-state index contributed by atoms with van der Waals surface area (Å²) in [7, 11) is 6.84. The van der Waals surface area contributed by atoms with Crippen molar-refractivity contribution in [3.05, 3.63) is 42.0 Å². The fourth-order valence-corrected chi connectivity index (χ4v) is 2.35. The Bertz CT molecular complexity index is 619. The smallest absolute Gasteiger partial charge is 0.203 e. The molecule has 0 saturated carbocycles. The number of nitrogens with zero attached hydrogens (tertiary/aromatic N) is 1. The van der Waals surface area contributed by atoms with Crippen LogP contribution in [0.1, 0.15) is 5.56 Å². The molecule has 118 valence electrons. The molecule has 2 rings (SSSR count). The highest BCUT2D eigenvalue weighted by molar-refractivity contribution is 5.57. The number of hydrogen-bond donors (Lipinski definition) is 1. The Kier molecular flexibility index (Phi) is 4.99. The van der Waals surface area contributed by atoms with Crippen LogP contribution in [0.4, 0.5) is 11.4 Å². The molecular formula is C17H22N2O3. The molecule has 22 heavy (non-hydrogen) atoms. The molecule has 5 heteroatoms. The van der Waals surface area contributed by atoms with Crippen molar-refractivity contribution >= 4 is 11.4 Å². The van der Waals surface area contributed by atoms with Gasteiger partial charge in [-0.05, 0) is 35.9 Å². The Morgan fingerprint density at radius 3 is 2.09 bits per heavy atom. The van der Waals surface area contributed by atoms with Crippen molar-refractivity contribution in [2.45, 2.75) is 6.54 Å². The molecule has 0 aliphatic rings. The zero-order valence-electron chi connectivity index (χ0n) is 13.4. The Hall–Kier alpha value is -2.56. The van der Waals surface area contributed by atoms with Gasteiger partial charge in [-0.2, -0.15) is 0 Å². The van der Waals surface area contributed by atoms with E-state index >= 15 is 0 Å². The van der Waals surface area contributed by atoms with E-state index in [4.69, 9.17) is 19.9 Å². The molecule has 5 nitrogen and oxygen atoms in total. The number of benzene rings is 2. The topological polar surface area (TPSA) is 57.0 Å². The maximum atomic E-state index is 5.84. The molecule has 2 aromatic rings. The third-order valence-corrected chi connectivity index (χ3v) is 3.46. The lowest BCUT2D eigenvalue weighted by Gasteiger charge is -2.21. The van der Waals surface area contributed by atoms with E-state index in [0.717, 1.165) is 16.9 Å². The van der Waals surface area contributed by atoms with Crippen molar-refractivity contribution in [3.63, 3.8) is 0 Å². The number of ether oxygens (including phenoxy) is 3. The summed E-state index contributed by atoms with van der Waals surface area (Å²) in [5, 5.41) is 0. The molecule has 0 radical (unpaired) electrons. The first-order valence-electron chi connectivity index (χ1n) is 6.94. The van der Waals surface area contributed by atoms with Gasteiger partial charge in [0.05, 0.1) is 21.3 Å². The van der Waals surface area contributed by atoms with E-state index in [9.17, 15) is 0 Å². The predicted octanol–water partition coefficient (Wildman–Crippen LogP) is 2.93. The van der Waals surface area contributed by atoms with Crippen molar-refractivity contribution in [1.29, 1.82) is 0 Å². The summed E-state index contributed by atoms with van der Waals surface area (Å²) >= 11 is 0. The second kappa shape index (κ2) is 6.93. The van der Waals surface area contributed by atoms with Gasteiger partial charge in [-0.3, -0.25) is 0 Å². The first-order chi connectivity index (χ1) is 10.6. The number of anilines is 2. The van der Waals surface area contributed by atoms with Gasteiger partial charge in [0.1, 0.15) is 0 Å². The molecule has 0 saturated heterocycles. The van der Waals surface area contributed by atoms with E-state index in [1.54, 1.807) is 21.3 Å². The average Bonchev–Trinajstić information content (AvgIpc) is 2.53. The lowest BCUT2D eigenvalue weighted by Crippen LogP contribution is -2.16. The summed E-state index contributed by atoms with van der Waals surface area (Å²) < 4.78 is 16.1. The zero-order valence-corrected chi connectivity index (χ0v) is 13.4. The van der Waals surface area contributed by atoms with Gasteiger partial charge < -0.3 is 24.8 Å². The second-order valence-corrected chi connectivity index (χ2v) is 4.98. The van der Waals surface area contributed by atoms with Gasteiger partial charge in [0.2, 0.25) is 5.75 Å². The maximum absolute atomic E-state index is 5.84. The average molecular weight is 302 g/mol. The minimum Gasteiger partial charge on any atom is -0.493 e. The van der Waals surface area contributed by atoms with E-state index in [0.29, 0.717) is 23.8 Å². The van der Waals surface area contributed by atoms with Gasteiger partial charge in [-0.1, -0.05) is 6.07 Å². The number of rotatable bonds is 6. The van der Waals surface area contributed by atoms with Gasteiger partial charge in [0.25, 0.3) is 0 Å². The molecule has 0 aliphatic carbocycles. The summed E-state index contributed by atoms with van der Waals surface area (Å²) in [4.78, 5) is 2.11. The van der Waals surface area contributed by atoms with Gasteiger partial charge in [-0.15, -0.1) is 0 Å². The van der Waals surface area contributed by atoms with Crippen LogP contribution in [-0.2, 0) is 6.54 Å². The quantitative estimate of drug-likeness (QED) is 0.831. The van der Waals surface area contributed by atoms with Gasteiger partial charge >= 0.3 is 0 Å². The molecule has 0 spiro atoms. The van der Waals surface area contributed by atoms with Crippen LogP contribution in [-0.4, -0.2) is 28.4 Å². The molecule has 0 bridgehead atoms. The molecule has 0 amide bonds. The van der Waals surface area contributed by atoms with Crippen molar-refractivity contribution in [2.75, 3.05) is 39.0 Å². The zero-order chi connectivity index (χ0) is 16.1. The third kappa shape index (κ3) is 3.36. The number of nitrogen functional groups attached to an aromatic ring is 1. The summed E-state index contributed by atoms with van der Waals surface area (Å²) in [5.74, 6) is 1.90. The minimum absolute atomic E-state index is 0.598.